The minimum Gasteiger partial charge on any atom is -0.497 e. The number of nitrogens with one attached hydrogen (secondary N) is 2. The molecule has 0 heterocycles. The van der Waals surface area contributed by atoms with Crippen molar-refractivity contribution in [3.8, 4) is 5.75 Å². The molecule has 0 bridgehead atoms. The molecule has 2 aromatic rings. The van der Waals surface area contributed by atoms with E-state index in [4.69, 9.17) is 4.74 Å². The summed E-state index contributed by atoms with van der Waals surface area (Å²) in [6.45, 7) is 1.98. The quantitative estimate of drug-likeness (QED) is 0.883. The summed E-state index contributed by atoms with van der Waals surface area (Å²) in [5.74, 6) is 0.713. The SMILES string of the molecule is COc1cccc(NC(=O)NC(C)Cc2ccccc2)c1. The zero-order chi connectivity index (χ0) is 15.1. The maximum Gasteiger partial charge on any atom is 0.319 e. The normalized spacial score (nSPS) is 11.5. The van der Waals surface area contributed by atoms with Gasteiger partial charge in [-0.05, 0) is 31.0 Å². The average Bonchev–Trinajstić information content (AvgIpc) is 2.48. The molecule has 110 valence electrons. The van der Waals surface area contributed by atoms with Gasteiger partial charge in [-0.3, -0.25) is 0 Å². The van der Waals surface area contributed by atoms with Crippen molar-refractivity contribution < 1.29 is 9.53 Å². The number of benzene rings is 2. The highest BCUT2D eigenvalue weighted by Crippen LogP contribution is 2.16. The van der Waals surface area contributed by atoms with Crippen LogP contribution in [0.25, 0.3) is 0 Å². The van der Waals surface area contributed by atoms with Gasteiger partial charge in [-0.25, -0.2) is 4.79 Å². The molecule has 4 heteroatoms. The van der Waals surface area contributed by atoms with Crippen LogP contribution in [0.2, 0.25) is 0 Å². The third-order valence-electron chi connectivity index (χ3n) is 3.09. The molecule has 2 amide bonds. The second-order valence-corrected chi connectivity index (χ2v) is 4.92. The van der Waals surface area contributed by atoms with Gasteiger partial charge in [0, 0.05) is 17.8 Å². The fourth-order valence-corrected chi connectivity index (χ4v) is 2.11. The van der Waals surface area contributed by atoms with Crippen molar-refractivity contribution in [2.75, 3.05) is 12.4 Å². The summed E-state index contributed by atoms with van der Waals surface area (Å²) >= 11 is 0. The van der Waals surface area contributed by atoms with Gasteiger partial charge in [0.05, 0.1) is 7.11 Å². The summed E-state index contributed by atoms with van der Waals surface area (Å²) in [7, 11) is 1.60. The Bertz CT molecular complexity index is 584. The molecule has 2 aromatic carbocycles. The maximum absolute atomic E-state index is 11.9. The first-order valence-corrected chi connectivity index (χ1v) is 6.93. The Morgan fingerprint density at radius 3 is 2.62 bits per heavy atom. The highest BCUT2D eigenvalue weighted by Gasteiger charge is 2.08. The number of rotatable bonds is 5. The Balaban J connectivity index is 1.86. The average molecular weight is 284 g/mol. The molecule has 0 spiro atoms. The lowest BCUT2D eigenvalue weighted by Gasteiger charge is -2.15. The highest BCUT2D eigenvalue weighted by molar-refractivity contribution is 5.89. The van der Waals surface area contributed by atoms with E-state index in [0.717, 1.165) is 6.42 Å². The van der Waals surface area contributed by atoms with Crippen LogP contribution in [0.15, 0.2) is 54.6 Å². The van der Waals surface area contributed by atoms with E-state index in [1.54, 1.807) is 13.2 Å². The molecule has 0 aliphatic rings. The van der Waals surface area contributed by atoms with Crippen molar-refractivity contribution >= 4 is 11.7 Å². The van der Waals surface area contributed by atoms with Gasteiger partial charge in [0.1, 0.15) is 5.75 Å². The monoisotopic (exact) mass is 284 g/mol. The first kappa shape index (κ1) is 14.9. The molecule has 1 atom stereocenters. The fourth-order valence-electron chi connectivity index (χ4n) is 2.11. The van der Waals surface area contributed by atoms with Crippen LogP contribution in [0.1, 0.15) is 12.5 Å². The first-order valence-electron chi connectivity index (χ1n) is 6.93. The van der Waals surface area contributed by atoms with Crippen molar-refractivity contribution in [2.24, 2.45) is 0 Å². The molecular formula is C17H20N2O2. The topological polar surface area (TPSA) is 50.4 Å². The number of hydrogen-bond donors (Lipinski definition) is 2. The summed E-state index contributed by atoms with van der Waals surface area (Å²) < 4.78 is 5.12. The van der Waals surface area contributed by atoms with E-state index in [-0.39, 0.29) is 12.1 Å². The summed E-state index contributed by atoms with van der Waals surface area (Å²) in [5, 5.41) is 5.73. The zero-order valence-electron chi connectivity index (χ0n) is 12.3. The number of carbonyl (C=O) groups is 1. The summed E-state index contributed by atoms with van der Waals surface area (Å²) in [6, 6.07) is 17.2. The van der Waals surface area contributed by atoms with E-state index in [2.05, 4.69) is 22.8 Å². The van der Waals surface area contributed by atoms with Gasteiger partial charge < -0.3 is 15.4 Å². The molecule has 0 saturated carbocycles. The van der Waals surface area contributed by atoms with Gasteiger partial charge in [-0.15, -0.1) is 0 Å². The zero-order valence-corrected chi connectivity index (χ0v) is 12.3. The summed E-state index contributed by atoms with van der Waals surface area (Å²) in [4.78, 5) is 11.9. The van der Waals surface area contributed by atoms with Crippen molar-refractivity contribution in [3.05, 3.63) is 60.2 Å². The van der Waals surface area contributed by atoms with Crippen molar-refractivity contribution in [1.82, 2.24) is 5.32 Å². The molecule has 1 unspecified atom stereocenters. The van der Waals surface area contributed by atoms with Gasteiger partial charge in [0.25, 0.3) is 0 Å². The van der Waals surface area contributed by atoms with Gasteiger partial charge in [0.2, 0.25) is 0 Å². The van der Waals surface area contributed by atoms with Gasteiger partial charge in [-0.2, -0.15) is 0 Å². The van der Waals surface area contributed by atoms with Crippen molar-refractivity contribution in [1.29, 1.82) is 0 Å². The lowest BCUT2D eigenvalue weighted by atomic mass is 10.1. The standard InChI is InChI=1S/C17H20N2O2/c1-13(11-14-7-4-3-5-8-14)18-17(20)19-15-9-6-10-16(12-15)21-2/h3-10,12-13H,11H2,1-2H3,(H2,18,19,20). The molecule has 21 heavy (non-hydrogen) atoms. The Labute approximate surface area is 125 Å². The van der Waals surface area contributed by atoms with Crippen LogP contribution >= 0.6 is 0 Å². The molecule has 2 N–H and O–H groups in total. The molecule has 0 fully saturated rings. The molecule has 0 radical (unpaired) electrons. The van der Waals surface area contributed by atoms with Crippen LogP contribution in [0.3, 0.4) is 0 Å². The third-order valence-corrected chi connectivity index (χ3v) is 3.09. The molecule has 0 aromatic heterocycles. The van der Waals surface area contributed by atoms with Crippen LogP contribution in [0.5, 0.6) is 5.75 Å². The van der Waals surface area contributed by atoms with E-state index in [1.807, 2.05) is 43.3 Å². The minimum absolute atomic E-state index is 0.0537. The largest absolute Gasteiger partial charge is 0.497 e. The Morgan fingerprint density at radius 2 is 1.90 bits per heavy atom. The molecule has 0 aliphatic heterocycles. The summed E-state index contributed by atoms with van der Waals surface area (Å²) in [5.41, 5.74) is 1.91. The Morgan fingerprint density at radius 1 is 1.14 bits per heavy atom. The molecule has 0 saturated heterocycles. The Hall–Kier alpha value is -2.49. The van der Waals surface area contributed by atoms with Crippen LogP contribution in [0.4, 0.5) is 10.5 Å². The van der Waals surface area contributed by atoms with E-state index in [0.29, 0.717) is 11.4 Å². The maximum atomic E-state index is 11.9. The molecule has 4 nitrogen and oxygen atoms in total. The minimum atomic E-state index is -0.216. The van der Waals surface area contributed by atoms with E-state index in [9.17, 15) is 4.79 Å². The predicted octanol–water partition coefficient (Wildman–Crippen LogP) is 3.45. The lowest BCUT2D eigenvalue weighted by Crippen LogP contribution is -2.37. The third kappa shape index (κ3) is 4.84. The molecular weight excluding hydrogens is 264 g/mol. The number of carbonyl (C=O) groups excluding carboxylic acids is 1. The van der Waals surface area contributed by atoms with E-state index < -0.39 is 0 Å². The number of methoxy groups -OCH3 is 1. The van der Waals surface area contributed by atoms with Gasteiger partial charge in [0.15, 0.2) is 0 Å². The molecule has 2 rings (SSSR count). The highest BCUT2D eigenvalue weighted by atomic mass is 16.5. The number of hydrogen-bond acceptors (Lipinski definition) is 2. The number of ether oxygens (including phenoxy) is 1. The first-order chi connectivity index (χ1) is 10.2. The van der Waals surface area contributed by atoms with Crippen LogP contribution in [-0.2, 0) is 6.42 Å². The molecule has 0 aliphatic carbocycles. The fraction of sp³-hybridized carbons (Fsp3) is 0.235. The number of anilines is 1. The lowest BCUT2D eigenvalue weighted by molar-refractivity contribution is 0.249. The number of urea groups is 1. The Kier molecular flexibility index (Phi) is 5.21. The summed E-state index contributed by atoms with van der Waals surface area (Å²) in [6.07, 6.45) is 0.798. The van der Waals surface area contributed by atoms with Gasteiger partial charge in [-0.1, -0.05) is 36.4 Å². The van der Waals surface area contributed by atoms with Gasteiger partial charge >= 0.3 is 6.03 Å². The van der Waals surface area contributed by atoms with E-state index in [1.165, 1.54) is 5.56 Å². The van der Waals surface area contributed by atoms with Crippen LogP contribution < -0.4 is 15.4 Å². The van der Waals surface area contributed by atoms with Crippen LogP contribution in [-0.4, -0.2) is 19.2 Å². The van der Waals surface area contributed by atoms with E-state index >= 15 is 0 Å². The predicted molar refractivity (Wildman–Crippen MR) is 84.8 cm³/mol. The second-order valence-electron chi connectivity index (χ2n) is 4.92. The van der Waals surface area contributed by atoms with Crippen molar-refractivity contribution in [2.45, 2.75) is 19.4 Å². The number of amides is 2. The smallest absolute Gasteiger partial charge is 0.319 e. The second kappa shape index (κ2) is 7.33. The van der Waals surface area contributed by atoms with Crippen LogP contribution in [0, 0.1) is 0 Å². The van der Waals surface area contributed by atoms with Crippen molar-refractivity contribution in [3.63, 3.8) is 0 Å².